The lowest BCUT2D eigenvalue weighted by molar-refractivity contribution is 0.524. The molecule has 0 N–H and O–H groups in total. The standard InChI is InChI=1S/C13H18N2/c1-9(2)8-15-11(4)14-12-7-10(3)5-6-13(12)15/h5-7,9H,8H2,1-4H3. The minimum atomic E-state index is 0.655. The molecule has 0 saturated carbocycles. The molecule has 0 aliphatic heterocycles. The van der Waals surface area contributed by atoms with Gasteiger partial charge in [-0.3, -0.25) is 0 Å². The Labute approximate surface area is 90.9 Å². The summed E-state index contributed by atoms with van der Waals surface area (Å²) in [6, 6.07) is 6.48. The van der Waals surface area contributed by atoms with Crippen LogP contribution in [0.15, 0.2) is 18.2 Å². The molecule has 0 aliphatic carbocycles. The second kappa shape index (κ2) is 3.69. The molecule has 0 bridgehead atoms. The van der Waals surface area contributed by atoms with Crippen molar-refractivity contribution in [2.75, 3.05) is 0 Å². The first-order valence-corrected chi connectivity index (χ1v) is 5.51. The maximum absolute atomic E-state index is 4.59. The number of fused-ring (bicyclic) bond motifs is 1. The van der Waals surface area contributed by atoms with Gasteiger partial charge in [0.25, 0.3) is 0 Å². The largest absolute Gasteiger partial charge is 0.328 e. The first kappa shape index (κ1) is 10.2. The predicted octanol–water partition coefficient (Wildman–Crippen LogP) is 3.31. The molecule has 1 aromatic heterocycles. The van der Waals surface area contributed by atoms with E-state index in [-0.39, 0.29) is 0 Å². The van der Waals surface area contributed by atoms with Crippen molar-refractivity contribution in [3.63, 3.8) is 0 Å². The highest BCUT2D eigenvalue weighted by atomic mass is 15.1. The van der Waals surface area contributed by atoms with Gasteiger partial charge in [0.05, 0.1) is 11.0 Å². The minimum absolute atomic E-state index is 0.655. The Morgan fingerprint density at radius 1 is 1.27 bits per heavy atom. The van der Waals surface area contributed by atoms with E-state index in [9.17, 15) is 0 Å². The van der Waals surface area contributed by atoms with Gasteiger partial charge in [0, 0.05) is 6.54 Å². The molecule has 0 aliphatic rings. The van der Waals surface area contributed by atoms with Crippen molar-refractivity contribution in [2.45, 2.75) is 34.2 Å². The summed E-state index contributed by atoms with van der Waals surface area (Å²) in [5, 5.41) is 0. The van der Waals surface area contributed by atoms with Crippen molar-refractivity contribution in [3.8, 4) is 0 Å². The first-order valence-electron chi connectivity index (χ1n) is 5.51. The molecular weight excluding hydrogens is 184 g/mol. The molecule has 1 heterocycles. The number of aryl methyl sites for hydroxylation is 2. The molecule has 2 nitrogen and oxygen atoms in total. The zero-order valence-electron chi connectivity index (χ0n) is 9.91. The van der Waals surface area contributed by atoms with Crippen molar-refractivity contribution >= 4 is 11.0 Å². The second-order valence-corrected chi connectivity index (χ2v) is 4.66. The quantitative estimate of drug-likeness (QED) is 0.730. The van der Waals surface area contributed by atoms with Crippen molar-refractivity contribution in [1.82, 2.24) is 9.55 Å². The lowest BCUT2D eigenvalue weighted by atomic mass is 10.2. The number of hydrogen-bond acceptors (Lipinski definition) is 1. The van der Waals surface area contributed by atoms with Crippen LogP contribution >= 0.6 is 0 Å². The maximum Gasteiger partial charge on any atom is 0.106 e. The molecule has 1 aromatic carbocycles. The Balaban J connectivity index is 2.58. The van der Waals surface area contributed by atoms with Crippen LogP contribution in [0.2, 0.25) is 0 Å². The summed E-state index contributed by atoms with van der Waals surface area (Å²) in [4.78, 5) is 4.59. The van der Waals surface area contributed by atoms with Gasteiger partial charge in [-0.25, -0.2) is 4.98 Å². The maximum atomic E-state index is 4.59. The van der Waals surface area contributed by atoms with Crippen molar-refractivity contribution in [3.05, 3.63) is 29.6 Å². The average Bonchev–Trinajstić information content (AvgIpc) is 2.41. The van der Waals surface area contributed by atoms with Gasteiger partial charge >= 0.3 is 0 Å². The lowest BCUT2D eigenvalue weighted by Crippen LogP contribution is -2.05. The molecule has 2 heteroatoms. The molecule has 0 radical (unpaired) electrons. The van der Waals surface area contributed by atoms with Crippen LogP contribution in [0.4, 0.5) is 0 Å². The lowest BCUT2D eigenvalue weighted by Gasteiger charge is -2.09. The third kappa shape index (κ3) is 1.89. The smallest absolute Gasteiger partial charge is 0.106 e. The van der Waals surface area contributed by atoms with Crippen LogP contribution in [0.25, 0.3) is 11.0 Å². The summed E-state index contributed by atoms with van der Waals surface area (Å²) < 4.78 is 2.31. The number of aromatic nitrogens is 2. The second-order valence-electron chi connectivity index (χ2n) is 4.66. The normalized spacial score (nSPS) is 11.5. The Kier molecular flexibility index (Phi) is 2.51. The Morgan fingerprint density at radius 3 is 2.67 bits per heavy atom. The summed E-state index contributed by atoms with van der Waals surface area (Å²) in [6.07, 6.45) is 0. The fourth-order valence-electron chi connectivity index (χ4n) is 1.96. The van der Waals surface area contributed by atoms with Crippen molar-refractivity contribution in [1.29, 1.82) is 0 Å². The fourth-order valence-corrected chi connectivity index (χ4v) is 1.96. The molecule has 0 saturated heterocycles. The van der Waals surface area contributed by atoms with E-state index in [1.165, 1.54) is 11.1 Å². The van der Waals surface area contributed by atoms with Crippen LogP contribution in [-0.4, -0.2) is 9.55 Å². The van der Waals surface area contributed by atoms with Crippen LogP contribution < -0.4 is 0 Å². The highest BCUT2D eigenvalue weighted by Crippen LogP contribution is 2.18. The van der Waals surface area contributed by atoms with Gasteiger partial charge in [0.1, 0.15) is 5.82 Å². The van der Waals surface area contributed by atoms with Crippen LogP contribution in [0.3, 0.4) is 0 Å². The van der Waals surface area contributed by atoms with E-state index in [4.69, 9.17) is 0 Å². The Bertz CT molecular complexity index is 480. The summed E-state index contributed by atoms with van der Waals surface area (Å²) in [5.74, 6) is 1.77. The third-order valence-electron chi connectivity index (χ3n) is 2.64. The molecule has 0 unspecified atom stereocenters. The van der Waals surface area contributed by atoms with Crippen LogP contribution in [-0.2, 0) is 6.54 Å². The zero-order chi connectivity index (χ0) is 11.0. The van der Waals surface area contributed by atoms with Gasteiger partial charge in [0.2, 0.25) is 0 Å². The van der Waals surface area contributed by atoms with Gasteiger partial charge in [-0.1, -0.05) is 19.9 Å². The van der Waals surface area contributed by atoms with Gasteiger partial charge < -0.3 is 4.57 Å². The van der Waals surface area contributed by atoms with Gasteiger partial charge in [-0.05, 0) is 37.5 Å². The van der Waals surface area contributed by atoms with Gasteiger partial charge in [-0.15, -0.1) is 0 Å². The number of hydrogen-bond donors (Lipinski definition) is 0. The molecule has 0 atom stereocenters. The van der Waals surface area contributed by atoms with Crippen LogP contribution in [0, 0.1) is 19.8 Å². The monoisotopic (exact) mass is 202 g/mol. The average molecular weight is 202 g/mol. The first-order chi connectivity index (χ1) is 7.08. The van der Waals surface area contributed by atoms with E-state index in [2.05, 4.69) is 55.4 Å². The number of benzene rings is 1. The van der Waals surface area contributed by atoms with Gasteiger partial charge in [0.15, 0.2) is 0 Å². The Morgan fingerprint density at radius 2 is 2.00 bits per heavy atom. The summed E-state index contributed by atoms with van der Waals surface area (Å²) in [7, 11) is 0. The molecule has 0 amide bonds. The van der Waals surface area contributed by atoms with E-state index in [0.29, 0.717) is 5.92 Å². The van der Waals surface area contributed by atoms with E-state index in [1.54, 1.807) is 0 Å². The van der Waals surface area contributed by atoms with Crippen LogP contribution in [0.5, 0.6) is 0 Å². The Hall–Kier alpha value is -1.31. The number of nitrogens with zero attached hydrogens (tertiary/aromatic N) is 2. The molecular formula is C13H18N2. The summed E-state index contributed by atoms with van der Waals surface area (Å²) >= 11 is 0. The fraction of sp³-hybridized carbons (Fsp3) is 0.462. The topological polar surface area (TPSA) is 17.8 Å². The zero-order valence-corrected chi connectivity index (χ0v) is 9.91. The van der Waals surface area contributed by atoms with E-state index in [0.717, 1.165) is 17.9 Å². The number of rotatable bonds is 2. The minimum Gasteiger partial charge on any atom is -0.328 e. The van der Waals surface area contributed by atoms with E-state index >= 15 is 0 Å². The highest BCUT2D eigenvalue weighted by molar-refractivity contribution is 5.76. The van der Waals surface area contributed by atoms with E-state index in [1.807, 2.05) is 0 Å². The van der Waals surface area contributed by atoms with E-state index < -0.39 is 0 Å². The van der Waals surface area contributed by atoms with Crippen molar-refractivity contribution in [2.24, 2.45) is 5.92 Å². The SMILES string of the molecule is Cc1ccc2c(c1)nc(C)n2CC(C)C. The molecule has 15 heavy (non-hydrogen) atoms. The van der Waals surface area contributed by atoms with Crippen LogP contribution in [0.1, 0.15) is 25.2 Å². The van der Waals surface area contributed by atoms with Crippen molar-refractivity contribution < 1.29 is 0 Å². The molecule has 2 rings (SSSR count). The summed E-state index contributed by atoms with van der Waals surface area (Å²) in [6.45, 7) is 9.71. The third-order valence-corrected chi connectivity index (χ3v) is 2.64. The number of imidazole rings is 1. The highest BCUT2D eigenvalue weighted by Gasteiger charge is 2.08. The molecule has 0 fully saturated rings. The predicted molar refractivity (Wildman–Crippen MR) is 64.0 cm³/mol. The molecule has 2 aromatic rings. The molecule has 80 valence electrons. The summed E-state index contributed by atoms with van der Waals surface area (Å²) in [5.41, 5.74) is 3.65. The molecule has 0 spiro atoms. The van der Waals surface area contributed by atoms with Gasteiger partial charge in [-0.2, -0.15) is 0 Å².